The quantitative estimate of drug-likeness (QED) is 0.568. The lowest BCUT2D eigenvalue weighted by atomic mass is 9.88. The molecule has 0 spiro atoms. The Morgan fingerprint density at radius 2 is 1.50 bits per heavy atom. The molecule has 2 aromatic rings. The Balaban J connectivity index is 1.25. The van der Waals surface area contributed by atoms with Crippen LogP contribution in [0, 0.1) is 5.92 Å². The van der Waals surface area contributed by atoms with E-state index in [1.54, 1.807) is 47.4 Å². The molecule has 0 saturated carbocycles. The Kier molecular flexibility index (Phi) is 6.66. The highest BCUT2D eigenvalue weighted by Crippen LogP contribution is 2.34. The third-order valence-electron chi connectivity index (χ3n) is 6.54. The van der Waals surface area contributed by atoms with Gasteiger partial charge in [0.1, 0.15) is 6.04 Å². The number of carbonyl (C=O) groups is 3. The van der Waals surface area contributed by atoms with Crippen LogP contribution in [-0.4, -0.2) is 61.9 Å². The van der Waals surface area contributed by atoms with Gasteiger partial charge in [-0.1, -0.05) is 6.08 Å². The van der Waals surface area contributed by atoms with E-state index in [0.29, 0.717) is 60.1 Å². The molecule has 0 aliphatic carbocycles. The Morgan fingerprint density at radius 1 is 0.917 bits per heavy atom. The van der Waals surface area contributed by atoms with Gasteiger partial charge in [0.25, 0.3) is 11.8 Å². The fraction of sp³-hybridized carbons (Fsp3) is 0.346. The van der Waals surface area contributed by atoms with Crippen LogP contribution in [0.25, 0.3) is 0 Å². The first-order valence-corrected chi connectivity index (χ1v) is 11.8. The van der Waals surface area contributed by atoms with E-state index in [-0.39, 0.29) is 43.8 Å². The molecule has 1 atom stereocenters. The SMILES string of the molecule is C=CCNC(=O)[C@@H](NC(=O)c1ccc2c(c1)OCO2)C1CCN(C(=O)c2ccc3c(c2)OCO3)CC1. The standard InChI is InChI=1S/C26H27N3O7/c1-2-9-27-25(31)23(28-24(30)17-3-5-19-21(12-17)35-14-33-19)16-7-10-29(11-8-16)26(32)18-4-6-20-22(13-18)36-15-34-20/h2-6,12-13,16,23H,1,7-11,14-15H2,(H,27,31)(H,28,30)/t23-/m0/s1. The molecule has 3 amide bonds. The molecule has 10 nitrogen and oxygen atoms in total. The number of carbonyl (C=O) groups excluding carboxylic acids is 3. The number of ether oxygens (including phenoxy) is 4. The van der Waals surface area contributed by atoms with Gasteiger partial charge in [0.2, 0.25) is 19.5 Å². The first-order chi connectivity index (χ1) is 17.5. The van der Waals surface area contributed by atoms with Crippen LogP contribution in [0.15, 0.2) is 49.1 Å². The minimum atomic E-state index is -0.759. The number of nitrogens with one attached hydrogen (secondary N) is 2. The minimum absolute atomic E-state index is 0.108. The number of piperidine rings is 1. The Labute approximate surface area is 208 Å². The molecule has 2 aromatic carbocycles. The maximum atomic E-state index is 13.1. The highest BCUT2D eigenvalue weighted by molar-refractivity contribution is 5.98. The Hall–Kier alpha value is -4.21. The molecule has 3 heterocycles. The fourth-order valence-electron chi connectivity index (χ4n) is 4.59. The lowest BCUT2D eigenvalue weighted by molar-refractivity contribution is -0.124. The summed E-state index contributed by atoms with van der Waals surface area (Å²) in [6, 6.07) is 9.29. The van der Waals surface area contributed by atoms with Gasteiger partial charge in [-0.15, -0.1) is 6.58 Å². The van der Waals surface area contributed by atoms with Crippen LogP contribution in [0.2, 0.25) is 0 Å². The molecule has 3 aliphatic heterocycles. The van der Waals surface area contributed by atoms with Crippen LogP contribution in [0.5, 0.6) is 23.0 Å². The van der Waals surface area contributed by atoms with Crippen molar-refractivity contribution in [2.45, 2.75) is 18.9 Å². The molecular weight excluding hydrogens is 466 g/mol. The van der Waals surface area contributed by atoms with Gasteiger partial charge in [-0.05, 0) is 55.2 Å². The summed E-state index contributed by atoms with van der Waals surface area (Å²) in [4.78, 5) is 40.8. The molecular formula is C26H27N3O7. The van der Waals surface area contributed by atoms with Gasteiger partial charge in [0.15, 0.2) is 23.0 Å². The van der Waals surface area contributed by atoms with Crippen molar-refractivity contribution < 1.29 is 33.3 Å². The zero-order valence-electron chi connectivity index (χ0n) is 19.7. The predicted octanol–water partition coefficient (Wildman–Crippen LogP) is 2.10. The third-order valence-corrected chi connectivity index (χ3v) is 6.54. The molecule has 3 aliphatic rings. The summed E-state index contributed by atoms with van der Waals surface area (Å²) >= 11 is 0. The largest absolute Gasteiger partial charge is 0.454 e. The molecule has 2 N–H and O–H groups in total. The van der Waals surface area contributed by atoms with Crippen LogP contribution in [0.4, 0.5) is 0 Å². The number of hydrogen-bond donors (Lipinski definition) is 2. The topological polar surface area (TPSA) is 115 Å². The maximum absolute atomic E-state index is 13.1. The molecule has 188 valence electrons. The first kappa shape index (κ1) is 23.5. The lowest BCUT2D eigenvalue weighted by Crippen LogP contribution is -2.53. The van der Waals surface area contributed by atoms with Crippen molar-refractivity contribution in [2.24, 2.45) is 5.92 Å². The number of hydrogen-bond acceptors (Lipinski definition) is 7. The van der Waals surface area contributed by atoms with E-state index < -0.39 is 6.04 Å². The lowest BCUT2D eigenvalue weighted by Gasteiger charge is -2.35. The normalized spacial score (nSPS) is 16.8. The summed E-state index contributed by atoms with van der Waals surface area (Å²) in [7, 11) is 0. The van der Waals surface area contributed by atoms with E-state index in [0.717, 1.165) is 0 Å². The average Bonchev–Trinajstić information content (AvgIpc) is 3.58. The van der Waals surface area contributed by atoms with E-state index in [9.17, 15) is 14.4 Å². The molecule has 0 unspecified atom stereocenters. The van der Waals surface area contributed by atoms with Gasteiger partial charge in [-0.25, -0.2) is 0 Å². The van der Waals surface area contributed by atoms with Crippen molar-refractivity contribution in [3.05, 3.63) is 60.2 Å². The summed E-state index contributed by atoms with van der Waals surface area (Å²) in [5.74, 6) is 1.32. The second-order valence-electron chi connectivity index (χ2n) is 8.75. The molecule has 10 heteroatoms. The van der Waals surface area contributed by atoms with Crippen molar-refractivity contribution in [3.63, 3.8) is 0 Å². The molecule has 0 aromatic heterocycles. The predicted molar refractivity (Wildman–Crippen MR) is 128 cm³/mol. The van der Waals surface area contributed by atoms with Gasteiger partial charge in [-0.3, -0.25) is 14.4 Å². The van der Waals surface area contributed by atoms with Crippen LogP contribution in [-0.2, 0) is 4.79 Å². The zero-order chi connectivity index (χ0) is 25.1. The summed E-state index contributed by atoms with van der Waals surface area (Å²) < 4.78 is 21.4. The van der Waals surface area contributed by atoms with Gasteiger partial charge >= 0.3 is 0 Å². The van der Waals surface area contributed by atoms with Crippen LogP contribution in [0.1, 0.15) is 33.6 Å². The number of amides is 3. The summed E-state index contributed by atoms with van der Waals surface area (Å²) in [6.45, 7) is 5.10. The van der Waals surface area contributed by atoms with Crippen molar-refractivity contribution in [2.75, 3.05) is 33.2 Å². The van der Waals surface area contributed by atoms with Crippen LogP contribution >= 0.6 is 0 Å². The smallest absolute Gasteiger partial charge is 0.253 e. The Morgan fingerprint density at radius 3 is 2.14 bits per heavy atom. The highest BCUT2D eigenvalue weighted by Gasteiger charge is 2.34. The van der Waals surface area contributed by atoms with E-state index >= 15 is 0 Å². The second kappa shape index (κ2) is 10.2. The number of likely N-dealkylation sites (tertiary alicyclic amines) is 1. The molecule has 5 rings (SSSR count). The van der Waals surface area contributed by atoms with Gasteiger partial charge in [0.05, 0.1) is 0 Å². The second-order valence-corrected chi connectivity index (χ2v) is 8.75. The summed E-state index contributed by atoms with van der Waals surface area (Å²) in [5.41, 5.74) is 0.894. The number of nitrogens with zero attached hydrogens (tertiary/aromatic N) is 1. The third kappa shape index (κ3) is 4.79. The van der Waals surface area contributed by atoms with Crippen LogP contribution in [0.3, 0.4) is 0 Å². The number of rotatable bonds is 7. The van der Waals surface area contributed by atoms with Crippen molar-refractivity contribution in [3.8, 4) is 23.0 Å². The zero-order valence-corrected chi connectivity index (χ0v) is 19.7. The summed E-state index contributed by atoms with van der Waals surface area (Å²) in [6.07, 6.45) is 2.70. The number of benzene rings is 2. The van der Waals surface area contributed by atoms with E-state index in [2.05, 4.69) is 17.2 Å². The van der Waals surface area contributed by atoms with E-state index in [1.807, 2.05) is 0 Å². The summed E-state index contributed by atoms with van der Waals surface area (Å²) in [5, 5.41) is 5.68. The molecule has 0 radical (unpaired) electrons. The van der Waals surface area contributed by atoms with Crippen molar-refractivity contribution >= 4 is 17.7 Å². The molecule has 1 saturated heterocycles. The molecule has 36 heavy (non-hydrogen) atoms. The van der Waals surface area contributed by atoms with Gasteiger partial charge < -0.3 is 34.5 Å². The fourth-order valence-corrected chi connectivity index (χ4v) is 4.59. The Bertz CT molecular complexity index is 1190. The van der Waals surface area contributed by atoms with Crippen molar-refractivity contribution in [1.82, 2.24) is 15.5 Å². The van der Waals surface area contributed by atoms with E-state index in [1.165, 1.54) is 0 Å². The van der Waals surface area contributed by atoms with E-state index in [4.69, 9.17) is 18.9 Å². The monoisotopic (exact) mass is 493 g/mol. The molecule has 1 fully saturated rings. The highest BCUT2D eigenvalue weighted by atomic mass is 16.7. The van der Waals surface area contributed by atoms with Crippen LogP contribution < -0.4 is 29.6 Å². The molecule has 0 bridgehead atoms. The first-order valence-electron chi connectivity index (χ1n) is 11.8. The maximum Gasteiger partial charge on any atom is 0.253 e. The minimum Gasteiger partial charge on any atom is -0.454 e. The average molecular weight is 494 g/mol. The number of fused-ring (bicyclic) bond motifs is 2. The van der Waals surface area contributed by atoms with Gasteiger partial charge in [0, 0.05) is 30.8 Å². The van der Waals surface area contributed by atoms with Gasteiger partial charge in [-0.2, -0.15) is 0 Å². The van der Waals surface area contributed by atoms with Crippen molar-refractivity contribution in [1.29, 1.82) is 0 Å².